The summed E-state index contributed by atoms with van der Waals surface area (Å²) in [4.78, 5) is 21.9. The third-order valence-electron chi connectivity index (χ3n) is 3.01. The normalized spacial score (nSPS) is 21.9. The molecule has 0 aromatic rings. The van der Waals surface area contributed by atoms with Crippen molar-refractivity contribution in [2.75, 3.05) is 13.2 Å². The van der Waals surface area contributed by atoms with Gasteiger partial charge in [-0.25, -0.2) is 4.79 Å². The molecule has 1 amide bonds. The summed E-state index contributed by atoms with van der Waals surface area (Å²) in [5, 5.41) is 14.9. The highest BCUT2D eigenvalue weighted by molar-refractivity contribution is 5.78. The third-order valence-corrected chi connectivity index (χ3v) is 3.01. The van der Waals surface area contributed by atoms with Gasteiger partial charge in [0.1, 0.15) is 13.2 Å². The van der Waals surface area contributed by atoms with Gasteiger partial charge < -0.3 is 20.5 Å². The second-order valence-electron chi connectivity index (χ2n) is 6.45. The highest BCUT2D eigenvalue weighted by Gasteiger charge is 2.38. The first-order chi connectivity index (χ1) is 8.60. The molecule has 1 aliphatic rings. The Balaban J connectivity index is 2.43. The van der Waals surface area contributed by atoms with E-state index in [9.17, 15) is 9.59 Å². The molecule has 0 aromatic heterocycles. The SMILES string of the molecule is CC1(C)CC(NC(=O)COCC(=O)O)CC(C)(C)N1. The lowest BCUT2D eigenvalue weighted by molar-refractivity contribution is -0.143. The van der Waals surface area contributed by atoms with Gasteiger partial charge in [-0.15, -0.1) is 0 Å². The Kier molecular flexibility index (Phi) is 4.92. The monoisotopic (exact) mass is 272 g/mol. The first-order valence-corrected chi connectivity index (χ1v) is 6.48. The molecule has 1 heterocycles. The van der Waals surface area contributed by atoms with Gasteiger partial charge in [0.15, 0.2) is 0 Å². The number of hydrogen-bond acceptors (Lipinski definition) is 4. The van der Waals surface area contributed by atoms with E-state index < -0.39 is 12.6 Å². The Morgan fingerprint density at radius 1 is 1.21 bits per heavy atom. The molecule has 0 saturated carbocycles. The van der Waals surface area contributed by atoms with Gasteiger partial charge in [-0.2, -0.15) is 0 Å². The number of carboxylic acids is 1. The number of carboxylic acid groups (broad SMARTS) is 1. The lowest BCUT2D eigenvalue weighted by Crippen LogP contribution is -2.62. The van der Waals surface area contributed by atoms with Crippen LogP contribution in [0.4, 0.5) is 0 Å². The summed E-state index contributed by atoms with van der Waals surface area (Å²) < 4.78 is 4.78. The van der Waals surface area contributed by atoms with E-state index in [0.717, 1.165) is 12.8 Å². The van der Waals surface area contributed by atoms with Crippen LogP contribution in [0.1, 0.15) is 40.5 Å². The number of piperidine rings is 1. The Hall–Kier alpha value is -1.14. The molecule has 0 unspecified atom stereocenters. The van der Waals surface area contributed by atoms with Crippen LogP contribution in [0.15, 0.2) is 0 Å². The van der Waals surface area contributed by atoms with Gasteiger partial charge in [-0.3, -0.25) is 4.79 Å². The Labute approximate surface area is 113 Å². The maximum absolute atomic E-state index is 11.7. The van der Waals surface area contributed by atoms with Crippen LogP contribution in [0, 0.1) is 0 Å². The molecule has 3 N–H and O–H groups in total. The Morgan fingerprint density at radius 2 is 1.74 bits per heavy atom. The summed E-state index contributed by atoms with van der Waals surface area (Å²) >= 11 is 0. The smallest absolute Gasteiger partial charge is 0.329 e. The van der Waals surface area contributed by atoms with Crippen LogP contribution < -0.4 is 10.6 Å². The van der Waals surface area contributed by atoms with Crippen molar-refractivity contribution in [3.8, 4) is 0 Å². The number of carbonyl (C=O) groups is 2. The van der Waals surface area contributed by atoms with Crippen molar-refractivity contribution in [2.24, 2.45) is 0 Å². The highest BCUT2D eigenvalue weighted by Crippen LogP contribution is 2.28. The zero-order valence-corrected chi connectivity index (χ0v) is 12.1. The number of rotatable bonds is 5. The lowest BCUT2D eigenvalue weighted by Gasteiger charge is -2.46. The molecule has 1 rings (SSSR count). The largest absolute Gasteiger partial charge is 0.480 e. The summed E-state index contributed by atoms with van der Waals surface area (Å²) in [6.07, 6.45) is 1.67. The van der Waals surface area contributed by atoms with E-state index in [-0.39, 0.29) is 29.6 Å². The van der Waals surface area contributed by atoms with Gasteiger partial charge in [0, 0.05) is 17.1 Å². The minimum Gasteiger partial charge on any atom is -0.480 e. The van der Waals surface area contributed by atoms with E-state index >= 15 is 0 Å². The summed E-state index contributed by atoms with van der Waals surface area (Å²) in [5.74, 6) is -1.34. The molecule has 1 saturated heterocycles. The highest BCUT2D eigenvalue weighted by atomic mass is 16.5. The molecule has 0 aromatic carbocycles. The van der Waals surface area contributed by atoms with Gasteiger partial charge in [0.2, 0.25) is 5.91 Å². The topological polar surface area (TPSA) is 87.7 Å². The van der Waals surface area contributed by atoms with Crippen molar-refractivity contribution in [1.82, 2.24) is 10.6 Å². The van der Waals surface area contributed by atoms with E-state index in [1.54, 1.807) is 0 Å². The molecule has 6 nitrogen and oxygen atoms in total. The van der Waals surface area contributed by atoms with Crippen molar-refractivity contribution >= 4 is 11.9 Å². The molecule has 0 bridgehead atoms. The van der Waals surface area contributed by atoms with Crippen LogP contribution in [0.5, 0.6) is 0 Å². The summed E-state index contributed by atoms with van der Waals surface area (Å²) in [5.41, 5.74) is -0.0801. The fraction of sp³-hybridized carbons (Fsp3) is 0.846. The summed E-state index contributed by atoms with van der Waals surface area (Å²) in [6, 6.07) is 0.0761. The molecular formula is C13H24N2O4. The first kappa shape index (κ1) is 15.9. The van der Waals surface area contributed by atoms with Crippen molar-refractivity contribution in [1.29, 1.82) is 0 Å². The van der Waals surface area contributed by atoms with Crippen LogP contribution in [0.25, 0.3) is 0 Å². The van der Waals surface area contributed by atoms with Crippen LogP contribution in [-0.4, -0.2) is 47.3 Å². The fourth-order valence-corrected chi connectivity index (χ4v) is 2.92. The fourth-order valence-electron chi connectivity index (χ4n) is 2.92. The van der Waals surface area contributed by atoms with E-state index in [1.165, 1.54) is 0 Å². The second kappa shape index (κ2) is 5.88. The average Bonchev–Trinajstić information content (AvgIpc) is 2.10. The predicted molar refractivity (Wildman–Crippen MR) is 70.9 cm³/mol. The van der Waals surface area contributed by atoms with Gasteiger partial charge >= 0.3 is 5.97 Å². The minimum absolute atomic E-state index is 0.0401. The van der Waals surface area contributed by atoms with Crippen molar-refractivity contribution in [2.45, 2.75) is 57.7 Å². The number of amides is 1. The zero-order chi connectivity index (χ0) is 14.7. The quantitative estimate of drug-likeness (QED) is 0.679. The van der Waals surface area contributed by atoms with Crippen molar-refractivity contribution in [3.05, 3.63) is 0 Å². The van der Waals surface area contributed by atoms with Crippen LogP contribution in [0.3, 0.4) is 0 Å². The van der Waals surface area contributed by atoms with Gasteiger partial charge in [-0.05, 0) is 40.5 Å². The summed E-state index contributed by atoms with van der Waals surface area (Å²) in [7, 11) is 0. The molecule has 110 valence electrons. The summed E-state index contributed by atoms with van der Waals surface area (Å²) in [6.45, 7) is 7.76. The number of nitrogens with one attached hydrogen (secondary N) is 2. The minimum atomic E-state index is -1.07. The predicted octanol–water partition coefficient (Wildman–Crippen LogP) is 0.513. The molecule has 6 heteroatoms. The zero-order valence-electron chi connectivity index (χ0n) is 12.1. The van der Waals surface area contributed by atoms with E-state index in [1.807, 2.05) is 0 Å². The maximum Gasteiger partial charge on any atom is 0.329 e. The lowest BCUT2D eigenvalue weighted by atomic mass is 9.79. The molecule has 0 aliphatic carbocycles. The number of carbonyl (C=O) groups excluding carboxylic acids is 1. The van der Waals surface area contributed by atoms with Gasteiger partial charge in [0.25, 0.3) is 0 Å². The molecule has 0 spiro atoms. The second-order valence-corrected chi connectivity index (χ2v) is 6.45. The molecule has 19 heavy (non-hydrogen) atoms. The Bertz CT molecular complexity index is 337. The molecular weight excluding hydrogens is 248 g/mol. The first-order valence-electron chi connectivity index (χ1n) is 6.48. The van der Waals surface area contributed by atoms with E-state index in [4.69, 9.17) is 9.84 Å². The third kappa shape index (κ3) is 6.02. The molecule has 1 aliphatic heterocycles. The number of hydrogen-bond donors (Lipinski definition) is 3. The van der Waals surface area contributed by atoms with Crippen LogP contribution in [-0.2, 0) is 14.3 Å². The standard InChI is InChI=1S/C13H24N2O4/c1-12(2)5-9(6-13(3,4)15-12)14-10(16)7-19-8-11(17)18/h9,15H,5-8H2,1-4H3,(H,14,16)(H,17,18). The average molecular weight is 272 g/mol. The van der Waals surface area contributed by atoms with E-state index in [2.05, 4.69) is 38.3 Å². The number of aliphatic carboxylic acids is 1. The molecule has 1 fully saturated rings. The van der Waals surface area contributed by atoms with Crippen molar-refractivity contribution < 1.29 is 19.4 Å². The van der Waals surface area contributed by atoms with E-state index in [0.29, 0.717) is 0 Å². The molecule has 0 atom stereocenters. The maximum atomic E-state index is 11.7. The van der Waals surface area contributed by atoms with Gasteiger partial charge in [-0.1, -0.05) is 0 Å². The van der Waals surface area contributed by atoms with Crippen LogP contribution in [0.2, 0.25) is 0 Å². The number of ether oxygens (including phenoxy) is 1. The van der Waals surface area contributed by atoms with Crippen molar-refractivity contribution in [3.63, 3.8) is 0 Å². The van der Waals surface area contributed by atoms with Gasteiger partial charge in [0.05, 0.1) is 0 Å². The van der Waals surface area contributed by atoms with Crippen LogP contribution >= 0.6 is 0 Å². The molecule has 0 radical (unpaired) electrons. The Morgan fingerprint density at radius 3 is 2.21 bits per heavy atom.